The van der Waals surface area contributed by atoms with Crippen LogP contribution in [0.15, 0.2) is 16.7 Å². The van der Waals surface area contributed by atoms with Crippen LogP contribution in [0.5, 0.6) is 0 Å². The summed E-state index contributed by atoms with van der Waals surface area (Å²) in [6, 6.07) is 1.82. The van der Waals surface area contributed by atoms with Gasteiger partial charge in [-0.05, 0) is 32.0 Å². The van der Waals surface area contributed by atoms with E-state index in [9.17, 15) is 13.2 Å². The summed E-state index contributed by atoms with van der Waals surface area (Å²) in [7, 11) is 0. The van der Waals surface area contributed by atoms with Gasteiger partial charge in [0.15, 0.2) is 17.5 Å². The van der Waals surface area contributed by atoms with Crippen molar-refractivity contribution in [2.45, 2.75) is 32.7 Å². The zero-order valence-corrected chi connectivity index (χ0v) is 11.8. The monoisotopic (exact) mass is 299 g/mol. The van der Waals surface area contributed by atoms with E-state index < -0.39 is 17.5 Å². The van der Waals surface area contributed by atoms with E-state index in [1.165, 1.54) is 0 Å². The molecule has 0 aliphatic heterocycles. The Morgan fingerprint density at radius 3 is 2.52 bits per heavy atom. The number of hydrogen-bond donors (Lipinski definition) is 1. The number of benzene rings is 1. The molecule has 1 aromatic heterocycles. The van der Waals surface area contributed by atoms with E-state index in [-0.39, 0.29) is 17.4 Å². The molecule has 0 saturated heterocycles. The van der Waals surface area contributed by atoms with Crippen LogP contribution in [0.4, 0.5) is 13.2 Å². The van der Waals surface area contributed by atoms with Gasteiger partial charge in [-0.15, -0.1) is 0 Å². The molecule has 0 bridgehead atoms. The van der Waals surface area contributed by atoms with E-state index in [2.05, 4.69) is 22.4 Å². The zero-order chi connectivity index (χ0) is 15.4. The van der Waals surface area contributed by atoms with Crippen LogP contribution < -0.4 is 5.32 Å². The van der Waals surface area contributed by atoms with Crippen LogP contribution in [0.25, 0.3) is 11.4 Å². The number of aromatic nitrogens is 2. The average Bonchev–Trinajstić information content (AvgIpc) is 2.90. The van der Waals surface area contributed by atoms with Gasteiger partial charge in [0.05, 0.1) is 0 Å². The first-order valence-electron chi connectivity index (χ1n) is 6.72. The van der Waals surface area contributed by atoms with Gasteiger partial charge in [-0.1, -0.05) is 12.1 Å². The summed E-state index contributed by atoms with van der Waals surface area (Å²) in [6.07, 6.45) is 1.51. The fraction of sp³-hybridized carbons (Fsp3) is 0.429. The van der Waals surface area contributed by atoms with Crippen molar-refractivity contribution in [3.05, 3.63) is 35.5 Å². The lowest BCUT2D eigenvalue weighted by molar-refractivity contribution is 0.362. The second kappa shape index (κ2) is 6.71. The molecule has 114 valence electrons. The third-order valence-electron chi connectivity index (χ3n) is 2.93. The van der Waals surface area contributed by atoms with Gasteiger partial charge in [0.1, 0.15) is 0 Å². The molecule has 2 rings (SSSR count). The molecule has 1 N–H and O–H groups in total. The first-order chi connectivity index (χ1) is 10.0. The molecule has 7 heteroatoms. The Hall–Kier alpha value is -1.89. The van der Waals surface area contributed by atoms with Gasteiger partial charge in [-0.3, -0.25) is 0 Å². The van der Waals surface area contributed by atoms with E-state index in [1.54, 1.807) is 0 Å². The Kier molecular flexibility index (Phi) is 4.95. The highest BCUT2D eigenvalue weighted by molar-refractivity contribution is 5.54. The molecule has 0 amide bonds. The van der Waals surface area contributed by atoms with Crippen LogP contribution in [0.2, 0.25) is 0 Å². The SMILES string of the molecule is CCCNC(C)Cc1nc(-c2cc(F)c(F)c(F)c2)no1. The third-order valence-corrected chi connectivity index (χ3v) is 2.93. The van der Waals surface area contributed by atoms with Crippen molar-refractivity contribution in [3.8, 4) is 11.4 Å². The summed E-state index contributed by atoms with van der Waals surface area (Å²) in [4.78, 5) is 4.07. The Balaban J connectivity index is 2.13. The van der Waals surface area contributed by atoms with Crippen molar-refractivity contribution in [1.82, 2.24) is 15.5 Å². The molecule has 21 heavy (non-hydrogen) atoms. The summed E-state index contributed by atoms with van der Waals surface area (Å²) in [5.74, 6) is -3.69. The molecule has 0 aliphatic rings. The lowest BCUT2D eigenvalue weighted by atomic mass is 10.2. The van der Waals surface area contributed by atoms with Crippen LogP contribution in [-0.4, -0.2) is 22.7 Å². The standard InChI is InChI=1S/C14H16F3N3O/c1-3-4-18-8(2)5-12-19-14(20-21-12)9-6-10(15)13(17)11(16)7-9/h6-8,18H,3-5H2,1-2H3. The smallest absolute Gasteiger partial charge is 0.228 e. The van der Waals surface area contributed by atoms with Crippen molar-refractivity contribution in [3.63, 3.8) is 0 Å². The minimum Gasteiger partial charge on any atom is -0.339 e. The zero-order valence-electron chi connectivity index (χ0n) is 11.8. The van der Waals surface area contributed by atoms with Crippen molar-refractivity contribution < 1.29 is 17.7 Å². The summed E-state index contributed by atoms with van der Waals surface area (Å²) in [6.45, 7) is 4.90. The maximum absolute atomic E-state index is 13.2. The molecule has 4 nitrogen and oxygen atoms in total. The van der Waals surface area contributed by atoms with Gasteiger partial charge < -0.3 is 9.84 Å². The molecular weight excluding hydrogens is 283 g/mol. The molecular formula is C14H16F3N3O. The van der Waals surface area contributed by atoms with E-state index in [4.69, 9.17) is 4.52 Å². The molecule has 1 heterocycles. The van der Waals surface area contributed by atoms with Gasteiger partial charge in [-0.2, -0.15) is 4.98 Å². The van der Waals surface area contributed by atoms with Crippen molar-refractivity contribution in [1.29, 1.82) is 0 Å². The first kappa shape index (κ1) is 15.5. The summed E-state index contributed by atoms with van der Waals surface area (Å²) >= 11 is 0. The summed E-state index contributed by atoms with van der Waals surface area (Å²) < 4.78 is 44.3. The molecule has 0 aliphatic carbocycles. The molecule has 0 fully saturated rings. The fourth-order valence-electron chi connectivity index (χ4n) is 1.86. The number of halogens is 3. The van der Waals surface area contributed by atoms with Crippen LogP contribution in [-0.2, 0) is 6.42 Å². The van der Waals surface area contributed by atoms with E-state index in [0.717, 1.165) is 25.1 Å². The molecule has 0 radical (unpaired) electrons. The number of rotatable bonds is 6. The Bertz CT molecular complexity index is 592. The Labute approximate surface area is 120 Å². The summed E-state index contributed by atoms with van der Waals surface area (Å²) in [5.41, 5.74) is 0.0376. The predicted molar refractivity (Wildman–Crippen MR) is 71.1 cm³/mol. The van der Waals surface area contributed by atoms with Crippen LogP contribution in [0.3, 0.4) is 0 Å². The van der Waals surface area contributed by atoms with E-state index in [0.29, 0.717) is 12.3 Å². The highest BCUT2D eigenvalue weighted by Crippen LogP contribution is 2.21. The van der Waals surface area contributed by atoms with Gasteiger partial charge >= 0.3 is 0 Å². The minimum absolute atomic E-state index is 0.0329. The number of hydrogen-bond acceptors (Lipinski definition) is 4. The van der Waals surface area contributed by atoms with Gasteiger partial charge in [0.2, 0.25) is 11.7 Å². The second-order valence-electron chi connectivity index (χ2n) is 4.82. The lowest BCUT2D eigenvalue weighted by Gasteiger charge is -2.09. The predicted octanol–water partition coefficient (Wildman–Crippen LogP) is 3.08. The van der Waals surface area contributed by atoms with Gasteiger partial charge in [-0.25, -0.2) is 13.2 Å². The maximum Gasteiger partial charge on any atom is 0.228 e. The van der Waals surface area contributed by atoms with Gasteiger partial charge in [0, 0.05) is 18.0 Å². The van der Waals surface area contributed by atoms with Crippen LogP contribution in [0, 0.1) is 17.5 Å². The van der Waals surface area contributed by atoms with Gasteiger partial charge in [0.25, 0.3) is 0 Å². The molecule has 1 aromatic carbocycles. The molecule has 0 saturated carbocycles. The Morgan fingerprint density at radius 1 is 1.24 bits per heavy atom. The van der Waals surface area contributed by atoms with Crippen molar-refractivity contribution in [2.75, 3.05) is 6.54 Å². The largest absolute Gasteiger partial charge is 0.339 e. The van der Waals surface area contributed by atoms with E-state index >= 15 is 0 Å². The average molecular weight is 299 g/mol. The minimum atomic E-state index is -1.51. The molecule has 0 spiro atoms. The van der Waals surface area contributed by atoms with Crippen LogP contribution >= 0.6 is 0 Å². The molecule has 1 atom stereocenters. The highest BCUT2D eigenvalue weighted by atomic mass is 19.2. The molecule has 1 unspecified atom stereocenters. The summed E-state index contributed by atoms with van der Waals surface area (Å²) in [5, 5.41) is 6.92. The van der Waals surface area contributed by atoms with E-state index in [1.807, 2.05) is 6.92 Å². The maximum atomic E-state index is 13.2. The number of nitrogens with zero attached hydrogens (tertiary/aromatic N) is 2. The van der Waals surface area contributed by atoms with Crippen molar-refractivity contribution in [2.24, 2.45) is 0 Å². The highest BCUT2D eigenvalue weighted by Gasteiger charge is 2.16. The fourth-order valence-corrected chi connectivity index (χ4v) is 1.86. The van der Waals surface area contributed by atoms with Crippen molar-refractivity contribution >= 4 is 0 Å². The number of nitrogens with one attached hydrogen (secondary N) is 1. The first-order valence-corrected chi connectivity index (χ1v) is 6.72. The molecule has 2 aromatic rings. The normalized spacial score (nSPS) is 12.6. The lowest BCUT2D eigenvalue weighted by Crippen LogP contribution is -2.28. The Morgan fingerprint density at radius 2 is 1.90 bits per heavy atom. The quantitative estimate of drug-likeness (QED) is 0.833. The third kappa shape index (κ3) is 3.81. The second-order valence-corrected chi connectivity index (χ2v) is 4.82. The topological polar surface area (TPSA) is 51.0 Å². The van der Waals surface area contributed by atoms with Crippen LogP contribution in [0.1, 0.15) is 26.2 Å².